The first-order valence-electron chi connectivity index (χ1n) is 3.20. The zero-order valence-electron chi connectivity index (χ0n) is 6.18. The van der Waals surface area contributed by atoms with Gasteiger partial charge in [-0.05, 0) is 12.5 Å². The van der Waals surface area contributed by atoms with Gasteiger partial charge in [-0.2, -0.15) is 0 Å². The van der Waals surface area contributed by atoms with E-state index in [-0.39, 0.29) is 0 Å². The lowest BCUT2D eigenvalue weighted by molar-refractivity contribution is 0.276. The van der Waals surface area contributed by atoms with Crippen LogP contribution in [0.15, 0.2) is 24.5 Å². The van der Waals surface area contributed by atoms with Crippen molar-refractivity contribution in [2.45, 2.75) is 19.8 Å². The molecule has 0 aromatic carbocycles. The van der Waals surface area contributed by atoms with Gasteiger partial charge >= 0.3 is 0 Å². The van der Waals surface area contributed by atoms with Crippen molar-refractivity contribution < 1.29 is 4.74 Å². The lowest BCUT2D eigenvalue weighted by Crippen LogP contribution is -1.83. The molecule has 0 atom stereocenters. The minimum absolute atomic E-state index is 1.00. The molecule has 0 heterocycles. The van der Waals surface area contributed by atoms with E-state index >= 15 is 0 Å². The molecule has 1 nitrogen and oxygen atoms in total. The Kier molecular flexibility index (Phi) is 4.98. The molecule has 52 valence electrons. The van der Waals surface area contributed by atoms with Gasteiger partial charge in [-0.3, -0.25) is 0 Å². The number of rotatable bonds is 4. The molecule has 0 bridgehead atoms. The van der Waals surface area contributed by atoms with Gasteiger partial charge < -0.3 is 4.74 Å². The first-order valence-corrected chi connectivity index (χ1v) is 3.20. The third kappa shape index (κ3) is 3.83. The molecular weight excluding hydrogens is 112 g/mol. The fraction of sp³-hybridized carbons (Fsp3) is 0.500. The molecule has 0 spiro atoms. The van der Waals surface area contributed by atoms with E-state index < -0.39 is 0 Å². The summed E-state index contributed by atoms with van der Waals surface area (Å²) in [5, 5.41) is 0. The van der Waals surface area contributed by atoms with Crippen LogP contribution in [-0.4, -0.2) is 7.11 Å². The first-order chi connectivity index (χ1) is 4.35. The van der Waals surface area contributed by atoms with Crippen molar-refractivity contribution in [2.75, 3.05) is 7.11 Å². The maximum absolute atomic E-state index is 5.02. The molecular formula is C8H14O. The van der Waals surface area contributed by atoms with Crippen LogP contribution in [0.2, 0.25) is 0 Å². The molecule has 1 heteroatoms. The Labute approximate surface area is 57.0 Å². The molecule has 0 aliphatic heterocycles. The van der Waals surface area contributed by atoms with Gasteiger partial charge in [0.05, 0.1) is 12.9 Å². The Morgan fingerprint density at radius 3 is 2.67 bits per heavy atom. The molecule has 0 aromatic heterocycles. The van der Waals surface area contributed by atoms with Crippen LogP contribution in [0.5, 0.6) is 0 Å². The number of methoxy groups -OCH3 is 1. The van der Waals surface area contributed by atoms with Gasteiger partial charge in [0, 0.05) is 6.42 Å². The molecule has 0 fully saturated rings. The van der Waals surface area contributed by atoms with Crippen LogP contribution in [0.25, 0.3) is 0 Å². The predicted octanol–water partition coefficient (Wildman–Crippen LogP) is 2.50. The highest BCUT2D eigenvalue weighted by molar-refractivity contribution is 5.03. The third-order valence-electron chi connectivity index (χ3n) is 1.06. The van der Waals surface area contributed by atoms with Gasteiger partial charge in [-0.1, -0.05) is 19.6 Å². The summed E-state index contributed by atoms with van der Waals surface area (Å²) in [7, 11) is 1.69. The quantitative estimate of drug-likeness (QED) is 0.415. The SMILES string of the molecule is C=C/C=C(\CCC)OC. The highest BCUT2D eigenvalue weighted by Crippen LogP contribution is 2.03. The van der Waals surface area contributed by atoms with E-state index in [1.807, 2.05) is 6.08 Å². The summed E-state index contributed by atoms with van der Waals surface area (Å²) < 4.78 is 5.02. The highest BCUT2D eigenvalue weighted by Gasteiger charge is 1.88. The maximum Gasteiger partial charge on any atom is 0.0955 e. The standard InChI is InChI=1S/C8H14O/c1-4-6-8(9-3)7-5-2/h4,6H,1,5,7H2,2-3H3/b8-6+. The van der Waals surface area contributed by atoms with Crippen molar-refractivity contribution >= 4 is 0 Å². The van der Waals surface area contributed by atoms with Gasteiger partial charge in [0.1, 0.15) is 0 Å². The summed E-state index contributed by atoms with van der Waals surface area (Å²) in [5.74, 6) is 1.01. The lowest BCUT2D eigenvalue weighted by atomic mass is 10.3. The Bertz CT molecular complexity index is 103. The first kappa shape index (κ1) is 8.28. The molecule has 0 saturated heterocycles. The second-order valence-electron chi connectivity index (χ2n) is 1.82. The molecule has 0 aliphatic rings. The summed E-state index contributed by atoms with van der Waals surface area (Å²) in [6.07, 6.45) is 5.76. The average Bonchev–Trinajstić information content (AvgIpc) is 1.88. The largest absolute Gasteiger partial charge is 0.501 e. The summed E-state index contributed by atoms with van der Waals surface area (Å²) >= 11 is 0. The van der Waals surface area contributed by atoms with Crippen LogP contribution in [0.4, 0.5) is 0 Å². The predicted molar refractivity (Wildman–Crippen MR) is 40.2 cm³/mol. The molecule has 0 rings (SSSR count). The Morgan fingerprint density at radius 1 is 1.67 bits per heavy atom. The lowest BCUT2D eigenvalue weighted by Gasteiger charge is -2.00. The minimum atomic E-state index is 1.00. The second-order valence-corrected chi connectivity index (χ2v) is 1.82. The van der Waals surface area contributed by atoms with Crippen molar-refractivity contribution in [2.24, 2.45) is 0 Å². The number of hydrogen-bond acceptors (Lipinski definition) is 1. The molecule has 9 heavy (non-hydrogen) atoms. The topological polar surface area (TPSA) is 9.23 Å². The van der Waals surface area contributed by atoms with Gasteiger partial charge in [0.25, 0.3) is 0 Å². The Balaban J connectivity index is 3.66. The minimum Gasteiger partial charge on any atom is -0.501 e. The van der Waals surface area contributed by atoms with Gasteiger partial charge in [-0.25, -0.2) is 0 Å². The van der Waals surface area contributed by atoms with E-state index in [4.69, 9.17) is 4.74 Å². The normalized spacial score (nSPS) is 11.1. The summed E-state index contributed by atoms with van der Waals surface area (Å²) in [5.41, 5.74) is 0. The zero-order chi connectivity index (χ0) is 7.11. The van der Waals surface area contributed by atoms with Crippen LogP contribution in [0, 0.1) is 0 Å². The molecule has 0 saturated carbocycles. The van der Waals surface area contributed by atoms with Gasteiger partial charge in [0.2, 0.25) is 0 Å². The molecule has 0 aliphatic carbocycles. The van der Waals surface area contributed by atoms with E-state index in [0.717, 1.165) is 18.6 Å². The zero-order valence-corrected chi connectivity index (χ0v) is 6.18. The third-order valence-corrected chi connectivity index (χ3v) is 1.06. The van der Waals surface area contributed by atoms with Crippen LogP contribution < -0.4 is 0 Å². The molecule has 0 amide bonds. The average molecular weight is 126 g/mol. The van der Waals surface area contributed by atoms with E-state index in [2.05, 4.69) is 13.5 Å². The van der Waals surface area contributed by atoms with Crippen molar-refractivity contribution in [1.29, 1.82) is 0 Å². The maximum atomic E-state index is 5.02. The van der Waals surface area contributed by atoms with E-state index in [0.29, 0.717) is 0 Å². The fourth-order valence-electron chi connectivity index (χ4n) is 0.631. The van der Waals surface area contributed by atoms with Crippen LogP contribution in [0.3, 0.4) is 0 Å². The Morgan fingerprint density at radius 2 is 2.33 bits per heavy atom. The molecule has 0 radical (unpaired) electrons. The highest BCUT2D eigenvalue weighted by atomic mass is 16.5. The van der Waals surface area contributed by atoms with Crippen molar-refractivity contribution in [1.82, 2.24) is 0 Å². The number of hydrogen-bond donors (Lipinski definition) is 0. The van der Waals surface area contributed by atoms with Crippen LogP contribution in [-0.2, 0) is 4.74 Å². The van der Waals surface area contributed by atoms with Gasteiger partial charge in [-0.15, -0.1) is 0 Å². The van der Waals surface area contributed by atoms with Crippen molar-refractivity contribution in [3.8, 4) is 0 Å². The summed E-state index contributed by atoms with van der Waals surface area (Å²) in [4.78, 5) is 0. The molecule has 0 unspecified atom stereocenters. The molecule has 0 aromatic rings. The van der Waals surface area contributed by atoms with Crippen molar-refractivity contribution in [3.05, 3.63) is 24.5 Å². The second kappa shape index (κ2) is 5.42. The van der Waals surface area contributed by atoms with Crippen molar-refractivity contribution in [3.63, 3.8) is 0 Å². The Hall–Kier alpha value is -0.720. The monoisotopic (exact) mass is 126 g/mol. The van der Waals surface area contributed by atoms with Crippen LogP contribution >= 0.6 is 0 Å². The molecule has 0 N–H and O–H groups in total. The number of ether oxygens (including phenoxy) is 1. The van der Waals surface area contributed by atoms with E-state index in [1.165, 1.54) is 0 Å². The van der Waals surface area contributed by atoms with E-state index in [1.54, 1.807) is 13.2 Å². The van der Waals surface area contributed by atoms with E-state index in [9.17, 15) is 0 Å². The smallest absolute Gasteiger partial charge is 0.0955 e. The summed E-state index contributed by atoms with van der Waals surface area (Å²) in [6.45, 7) is 5.70. The summed E-state index contributed by atoms with van der Waals surface area (Å²) in [6, 6.07) is 0. The van der Waals surface area contributed by atoms with Crippen LogP contribution in [0.1, 0.15) is 19.8 Å². The van der Waals surface area contributed by atoms with Gasteiger partial charge in [0.15, 0.2) is 0 Å². The number of allylic oxidation sites excluding steroid dienone is 3. The fourth-order valence-corrected chi connectivity index (χ4v) is 0.631.